The summed E-state index contributed by atoms with van der Waals surface area (Å²) in [4.78, 5) is 12.2. The maximum Gasteiger partial charge on any atom is 0.258 e. The van der Waals surface area contributed by atoms with E-state index in [1.54, 1.807) is 0 Å². The summed E-state index contributed by atoms with van der Waals surface area (Å²) in [5.41, 5.74) is 1.84. The molecule has 3 rings (SSSR count). The lowest BCUT2D eigenvalue weighted by atomic mass is 10.1. The van der Waals surface area contributed by atoms with Crippen molar-refractivity contribution >= 4 is 11.6 Å². The van der Waals surface area contributed by atoms with Crippen LogP contribution in [0.25, 0.3) is 5.65 Å². The molecule has 1 N–H and O–H groups in total. The van der Waals surface area contributed by atoms with E-state index >= 15 is 0 Å². The Balaban J connectivity index is 1.62. The van der Waals surface area contributed by atoms with Crippen LogP contribution in [0.3, 0.4) is 0 Å². The van der Waals surface area contributed by atoms with Gasteiger partial charge in [-0.05, 0) is 37.1 Å². The molecule has 0 aliphatic heterocycles. The largest absolute Gasteiger partial charge is 0.483 e. The number of hydrogen-bond donors (Lipinski definition) is 1. The zero-order valence-electron chi connectivity index (χ0n) is 13.8. The van der Waals surface area contributed by atoms with Gasteiger partial charge >= 0.3 is 0 Å². The predicted molar refractivity (Wildman–Crippen MR) is 90.9 cm³/mol. The fraction of sp³-hybridized carbons (Fsp3) is 0.278. The monoisotopic (exact) mass is 324 g/mol. The second kappa shape index (κ2) is 7.12. The Morgan fingerprint density at radius 1 is 1.21 bits per heavy atom. The number of carbonyl (C=O) groups excluding carboxylic acids is 1. The number of benzene rings is 1. The Hall–Kier alpha value is -2.89. The van der Waals surface area contributed by atoms with Crippen LogP contribution in [-0.4, -0.2) is 27.1 Å². The van der Waals surface area contributed by atoms with Gasteiger partial charge in [0.1, 0.15) is 5.75 Å². The molecule has 0 spiro atoms. The van der Waals surface area contributed by atoms with Gasteiger partial charge in [-0.25, -0.2) is 0 Å². The van der Waals surface area contributed by atoms with Crippen LogP contribution in [0.1, 0.15) is 31.3 Å². The fourth-order valence-corrected chi connectivity index (χ4v) is 2.58. The summed E-state index contributed by atoms with van der Waals surface area (Å²) in [5, 5.41) is 11.1. The van der Waals surface area contributed by atoms with Crippen molar-refractivity contribution in [2.45, 2.75) is 26.3 Å². The van der Waals surface area contributed by atoms with Crippen LogP contribution in [0.15, 0.2) is 48.7 Å². The first-order valence-electron chi connectivity index (χ1n) is 7.98. The summed E-state index contributed by atoms with van der Waals surface area (Å²) in [6.45, 7) is 3.90. The van der Waals surface area contributed by atoms with Gasteiger partial charge < -0.3 is 10.1 Å². The van der Waals surface area contributed by atoms with Crippen LogP contribution < -0.4 is 10.1 Å². The van der Waals surface area contributed by atoms with Crippen LogP contribution in [0.4, 0.5) is 0 Å². The summed E-state index contributed by atoms with van der Waals surface area (Å²) < 4.78 is 7.50. The highest BCUT2D eigenvalue weighted by Gasteiger charge is 2.16. The Kier molecular flexibility index (Phi) is 4.74. The van der Waals surface area contributed by atoms with Gasteiger partial charge in [0.2, 0.25) is 0 Å². The molecule has 0 saturated carbocycles. The first-order valence-corrected chi connectivity index (χ1v) is 7.98. The summed E-state index contributed by atoms with van der Waals surface area (Å²) in [6, 6.07) is 13.1. The quantitative estimate of drug-likeness (QED) is 0.756. The van der Waals surface area contributed by atoms with Gasteiger partial charge in [0.15, 0.2) is 18.1 Å². The second-order valence-corrected chi connectivity index (χ2v) is 5.53. The summed E-state index contributed by atoms with van der Waals surface area (Å²) >= 11 is 0. The van der Waals surface area contributed by atoms with Crippen LogP contribution in [0, 0.1) is 0 Å². The van der Waals surface area contributed by atoms with Gasteiger partial charge in [0, 0.05) is 6.20 Å². The molecule has 0 fully saturated rings. The van der Waals surface area contributed by atoms with Crippen LogP contribution >= 0.6 is 0 Å². The molecule has 0 bridgehead atoms. The van der Waals surface area contributed by atoms with Crippen LogP contribution in [0.2, 0.25) is 0 Å². The van der Waals surface area contributed by atoms with Gasteiger partial charge in [-0.2, -0.15) is 0 Å². The van der Waals surface area contributed by atoms with Crippen molar-refractivity contribution in [3.63, 3.8) is 0 Å². The minimum atomic E-state index is -0.264. The minimum Gasteiger partial charge on any atom is -0.483 e. The minimum absolute atomic E-state index is 0.0297. The number of amides is 1. The first-order chi connectivity index (χ1) is 11.7. The van der Waals surface area contributed by atoms with Gasteiger partial charge in [-0.3, -0.25) is 9.20 Å². The maximum absolute atomic E-state index is 12.2. The SMILES string of the molecule is CCc1ccccc1OCC(=O)NC(C)c1nnc2ccccn12. The highest BCUT2D eigenvalue weighted by Crippen LogP contribution is 2.18. The molecule has 0 aliphatic carbocycles. The standard InChI is InChI=1S/C18H20N4O2/c1-3-14-8-4-5-9-15(14)24-12-17(23)19-13(2)18-21-20-16-10-6-7-11-22(16)18/h4-11,13H,3,12H2,1-2H3,(H,19,23). The molecule has 1 unspecified atom stereocenters. The van der Waals surface area contributed by atoms with E-state index < -0.39 is 0 Å². The van der Waals surface area contributed by atoms with Gasteiger partial charge in [0.25, 0.3) is 5.91 Å². The number of para-hydroxylation sites is 1. The molecule has 2 aromatic heterocycles. The molecule has 1 aromatic carbocycles. The number of aryl methyl sites for hydroxylation is 1. The number of pyridine rings is 1. The van der Waals surface area contributed by atoms with Gasteiger partial charge in [-0.1, -0.05) is 31.2 Å². The van der Waals surface area contributed by atoms with E-state index in [0.717, 1.165) is 23.4 Å². The number of rotatable bonds is 6. The molecule has 124 valence electrons. The number of hydrogen-bond acceptors (Lipinski definition) is 4. The average Bonchev–Trinajstić information content (AvgIpc) is 3.04. The van der Waals surface area contributed by atoms with Crippen molar-refractivity contribution in [3.05, 3.63) is 60.0 Å². The van der Waals surface area contributed by atoms with Crippen molar-refractivity contribution in [1.82, 2.24) is 19.9 Å². The molecule has 0 radical (unpaired) electrons. The van der Waals surface area contributed by atoms with E-state index in [9.17, 15) is 4.79 Å². The first kappa shape index (κ1) is 16.0. The van der Waals surface area contributed by atoms with Crippen molar-refractivity contribution in [2.24, 2.45) is 0 Å². The number of carbonyl (C=O) groups is 1. The Labute approximate surface area is 140 Å². The molecule has 3 aromatic rings. The molecule has 1 amide bonds. The number of fused-ring (bicyclic) bond motifs is 1. The molecule has 0 aliphatic rings. The molecular weight excluding hydrogens is 304 g/mol. The fourth-order valence-electron chi connectivity index (χ4n) is 2.58. The lowest BCUT2D eigenvalue weighted by Gasteiger charge is -2.14. The van der Waals surface area contributed by atoms with Crippen LogP contribution in [-0.2, 0) is 11.2 Å². The van der Waals surface area contributed by atoms with E-state index in [2.05, 4.69) is 22.4 Å². The summed E-state index contributed by atoms with van der Waals surface area (Å²) in [5.74, 6) is 1.24. The number of ether oxygens (including phenoxy) is 1. The normalized spacial score (nSPS) is 12.1. The molecule has 1 atom stereocenters. The van der Waals surface area contributed by atoms with Crippen molar-refractivity contribution in [3.8, 4) is 5.75 Å². The smallest absolute Gasteiger partial charge is 0.258 e. The Morgan fingerprint density at radius 3 is 2.83 bits per heavy atom. The van der Waals surface area contributed by atoms with E-state index in [1.165, 1.54) is 0 Å². The van der Waals surface area contributed by atoms with Gasteiger partial charge in [0.05, 0.1) is 6.04 Å². The lowest BCUT2D eigenvalue weighted by molar-refractivity contribution is -0.123. The van der Waals surface area contributed by atoms with Crippen molar-refractivity contribution < 1.29 is 9.53 Å². The second-order valence-electron chi connectivity index (χ2n) is 5.53. The maximum atomic E-state index is 12.2. The average molecular weight is 324 g/mol. The van der Waals surface area contributed by atoms with Crippen LogP contribution in [0.5, 0.6) is 5.75 Å². The summed E-state index contributed by atoms with van der Waals surface area (Å²) in [7, 11) is 0. The zero-order valence-corrected chi connectivity index (χ0v) is 13.8. The number of nitrogens with zero attached hydrogens (tertiary/aromatic N) is 3. The number of aromatic nitrogens is 3. The third kappa shape index (κ3) is 3.37. The van der Waals surface area contributed by atoms with Crippen molar-refractivity contribution in [2.75, 3.05) is 6.61 Å². The predicted octanol–water partition coefficient (Wildman–Crippen LogP) is 2.55. The lowest BCUT2D eigenvalue weighted by Crippen LogP contribution is -2.32. The highest BCUT2D eigenvalue weighted by molar-refractivity contribution is 5.78. The summed E-state index contributed by atoms with van der Waals surface area (Å²) in [6.07, 6.45) is 2.74. The molecule has 0 saturated heterocycles. The third-order valence-electron chi connectivity index (χ3n) is 3.82. The van der Waals surface area contributed by atoms with E-state index in [-0.39, 0.29) is 18.6 Å². The van der Waals surface area contributed by atoms with E-state index in [0.29, 0.717) is 5.82 Å². The Morgan fingerprint density at radius 2 is 2.00 bits per heavy atom. The molecular formula is C18H20N4O2. The van der Waals surface area contributed by atoms with Gasteiger partial charge in [-0.15, -0.1) is 10.2 Å². The van der Waals surface area contributed by atoms with E-state index in [4.69, 9.17) is 4.74 Å². The topological polar surface area (TPSA) is 68.5 Å². The molecule has 2 heterocycles. The molecule has 6 heteroatoms. The highest BCUT2D eigenvalue weighted by atomic mass is 16.5. The number of nitrogens with one attached hydrogen (secondary N) is 1. The van der Waals surface area contributed by atoms with E-state index in [1.807, 2.05) is 60.0 Å². The zero-order chi connectivity index (χ0) is 16.9. The molecule has 6 nitrogen and oxygen atoms in total. The molecule has 24 heavy (non-hydrogen) atoms. The van der Waals surface area contributed by atoms with Crippen molar-refractivity contribution in [1.29, 1.82) is 0 Å². The third-order valence-corrected chi connectivity index (χ3v) is 3.82. The Bertz CT molecular complexity index is 844.